The zero-order chi connectivity index (χ0) is 16.2. The van der Waals surface area contributed by atoms with E-state index in [1.807, 2.05) is 6.07 Å². The summed E-state index contributed by atoms with van der Waals surface area (Å²) in [5.41, 5.74) is 0.653. The zero-order valence-electron chi connectivity index (χ0n) is 12.6. The minimum absolute atomic E-state index is 0.604. The Morgan fingerprint density at radius 1 is 1.30 bits per heavy atom. The molecule has 1 aliphatic rings. The number of halogens is 2. The van der Waals surface area contributed by atoms with Gasteiger partial charge in [-0.1, -0.05) is 11.6 Å². The minimum Gasteiger partial charge on any atom is -0.494 e. The zero-order valence-corrected chi connectivity index (χ0v) is 14.9. The third-order valence-corrected chi connectivity index (χ3v) is 4.26. The van der Waals surface area contributed by atoms with Gasteiger partial charge >= 0.3 is 0 Å². The van der Waals surface area contributed by atoms with Crippen LogP contribution in [0.5, 0.6) is 5.75 Å². The van der Waals surface area contributed by atoms with E-state index in [0.29, 0.717) is 35.4 Å². The Kier molecular flexibility index (Phi) is 5.25. The normalized spacial score (nSPS) is 15.3. The summed E-state index contributed by atoms with van der Waals surface area (Å²) in [7, 11) is 1.60. The van der Waals surface area contributed by atoms with Gasteiger partial charge in [-0.3, -0.25) is 0 Å². The number of hydrogen-bond acceptors (Lipinski definition) is 5. The molecule has 0 bridgehead atoms. The number of furan rings is 1. The molecule has 1 saturated heterocycles. The minimum atomic E-state index is 0.604. The first-order chi connectivity index (χ1) is 11.2. The molecule has 2 heterocycles. The van der Waals surface area contributed by atoms with Gasteiger partial charge in [-0.05, 0) is 34.1 Å². The molecule has 7 heteroatoms. The Morgan fingerprint density at radius 2 is 2.09 bits per heavy atom. The fourth-order valence-electron chi connectivity index (χ4n) is 2.32. The number of ether oxygens (including phenoxy) is 2. The van der Waals surface area contributed by atoms with Gasteiger partial charge in [0.05, 0.1) is 31.0 Å². The molecule has 0 spiro atoms. The number of anilines is 1. The predicted molar refractivity (Wildman–Crippen MR) is 94.7 cm³/mol. The molecule has 0 aliphatic carbocycles. The van der Waals surface area contributed by atoms with E-state index in [-0.39, 0.29) is 0 Å². The molecule has 0 N–H and O–H groups in total. The van der Waals surface area contributed by atoms with E-state index < -0.39 is 0 Å². The summed E-state index contributed by atoms with van der Waals surface area (Å²) >= 11 is 9.54. The second-order valence-electron chi connectivity index (χ2n) is 4.98. The maximum Gasteiger partial charge on any atom is 0.210 e. The molecular weight excluding hydrogens is 384 g/mol. The Balaban J connectivity index is 1.82. The van der Waals surface area contributed by atoms with Gasteiger partial charge in [0.1, 0.15) is 17.2 Å². The predicted octanol–water partition coefficient (Wildman–Crippen LogP) is 4.29. The van der Waals surface area contributed by atoms with Crippen molar-refractivity contribution in [2.24, 2.45) is 4.99 Å². The molecular formula is C16H16BrClN2O3. The smallest absolute Gasteiger partial charge is 0.210 e. The van der Waals surface area contributed by atoms with E-state index in [1.54, 1.807) is 31.5 Å². The topological polar surface area (TPSA) is 47.2 Å². The summed E-state index contributed by atoms with van der Waals surface area (Å²) in [5.74, 6) is 2.11. The largest absolute Gasteiger partial charge is 0.494 e. The Bertz CT molecular complexity index is 711. The number of aliphatic imine (C=N–C) groups is 1. The molecule has 0 unspecified atom stereocenters. The molecule has 1 aliphatic heterocycles. The first-order valence-corrected chi connectivity index (χ1v) is 8.34. The number of benzene rings is 1. The van der Waals surface area contributed by atoms with Crippen LogP contribution >= 0.6 is 27.5 Å². The summed E-state index contributed by atoms with van der Waals surface area (Å²) in [4.78, 5) is 6.56. The van der Waals surface area contributed by atoms with Crippen molar-refractivity contribution in [1.29, 1.82) is 0 Å². The van der Waals surface area contributed by atoms with E-state index in [2.05, 4.69) is 25.8 Å². The van der Waals surface area contributed by atoms with Gasteiger partial charge in [-0.15, -0.1) is 0 Å². The maximum absolute atomic E-state index is 6.01. The SMILES string of the molecule is COc1ccc(Cl)cc1N=Cc1cc(Br)c(N2CCOCC2)o1. The van der Waals surface area contributed by atoms with Crippen LogP contribution in [0.15, 0.2) is 38.1 Å². The Morgan fingerprint density at radius 3 is 2.83 bits per heavy atom. The fourth-order valence-corrected chi connectivity index (χ4v) is 3.04. The first-order valence-electron chi connectivity index (χ1n) is 7.17. The van der Waals surface area contributed by atoms with Gasteiger partial charge < -0.3 is 18.8 Å². The van der Waals surface area contributed by atoms with Gasteiger partial charge in [-0.2, -0.15) is 0 Å². The van der Waals surface area contributed by atoms with Crippen LogP contribution in [-0.4, -0.2) is 39.6 Å². The van der Waals surface area contributed by atoms with Crippen molar-refractivity contribution in [3.05, 3.63) is 39.5 Å². The van der Waals surface area contributed by atoms with E-state index in [1.165, 1.54) is 0 Å². The Hall–Kier alpha value is -1.50. The summed E-state index contributed by atoms with van der Waals surface area (Å²) in [6.45, 7) is 3.03. The van der Waals surface area contributed by atoms with Crippen LogP contribution in [0.4, 0.5) is 11.6 Å². The molecule has 5 nitrogen and oxygen atoms in total. The number of morpholine rings is 1. The van der Waals surface area contributed by atoms with Crippen molar-refractivity contribution in [2.75, 3.05) is 38.3 Å². The van der Waals surface area contributed by atoms with Gasteiger partial charge in [-0.25, -0.2) is 4.99 Å². The number of hydrogen-bond donors (Lipinski definition) is 0. The standard InChI is InChI=1S/C16H16BrClN2O3/c1-21-15-3-2-11(18)8-14(15)19-10-12-9-13(17)16(23-12)20-4-6-22-7-5-20/h2-3,8-10H,4-7H2,1H3. The van der Waals surface area contributed by atoms with Crippen LogP contribution in [-0.2, 0) is 4.74 Å². The highest BCUT2D eigenvalue weighted by atomic mass is 79.9. The van der Waals surface area contributed by atoms with Crippen LogP contribution in [0.1, 0.15) is 5.76 Å². The molecule has 3 rings (SSSR count). The van der Waals surface area contributed by atoms with Crippen molar-refractivity contribution >= 4 is 45.3 Å². The van der Waals surface area contributed by atoms with Crippen molar-refractivity contribution in [3.8, 4) is 5.75 Å². The molecule has 1 aromatic heterocycles. The molecule has 122 valence electrons. The highest BCUT2D eigenvalue weighted by Crippen LogP contribution is 2.32. The van der Waals surface area contributed by atoms with Crippen LogP contribution in [0.3, 0.4) is 0 Å². The highest BCUT2D eigenvalue weighted by molar-refractivity contribution is 9.10. The average Bonchev–Trinajstić information content (AvgIpc) is 2.95. The van der Waals surface area contributed by atoms with Crippen molar-refractivity contribution in [1.82, 2.24) is 0 Å². The van der Waals surface area contributed by atoms with Gasteiger partial charge in [0.25, 0.3) is 0 Å². The molecule has 23 heavy (non-hydrogen) atoms. The lowest BCUT2D eigenvalue weighted by atomic mass is 10.3. The second kappa shape index (κ2) is 7.38. The van der Waals surface area contributed by atoms with Gasteiger partial charge in [0, 0.05) is 24.2 Å². The van der Waals surface area contributed by atoms with Crippen LogP contribution in [0.25, 0.3) is 0 Å². The molecule has 1 fully saturated rings. The van der Waals surface area contributed by atoms with Crippen molar-refractivity contribution in [2.45, 2.75) is 0 Å². The van der Waals surface area contributed by atoms with Crippen molar-refractivity contribution in [3.63, 3.8) is 0 Å². The lowest BCUT2D eigenvalue weighted by molar-refractivity contribution is 0.120. The second-order valence-corrected chi connectivity index (χ2v) is 6.27. The van der Waals surface area contributed by atoms with Gasteiger partial charge in [0.2, 0.25) is 5.88 Å². The molecule has 0 atom stereocenters. The third-order valence-electron chi connectivity index (χ3n) is 3.46. The highest BCUT2D eigenvalue weighted by Gasteiger charge is 2.18. The summed E-state index contributed by atoms with van der Waals surface area (Å²) < 4.78 is 17.4. The molecule has 2 aromatic rings. The van der Waals surface area contributed by atoms with Crippen LogP contribution < -0.4 is 9.64 Å². The number of nitrogens with zero attached hydrogens (tertiary/aromatic N) is 2. The average molecular weight is 400 g/mol. The quantitative estimate of drug-likeness (QED) is 0.720. The Labute approximate surface area is 148 Å². The first kappa shape index (κ1) is 16.4. The van der Waals surface area contributed by atoms with E-state index in [0.717, 1.165) is 23.4 Å². The van der Waals surface area contributed by atoms with Gasteiger partial charge in [0.15, 0.2) is 0 Å². The van der Waals surface area contributed by atoms with E-state index >= 15 is 0 Å². The monoisotopic (exact) mass is 398 g/mol. The molecule has 1 aromatic carbocycles. The number of rotatable bonds is 4. The summed E-state index contributed by atoms with van der Waals surface area (Å²) in [6.07, 6.45) is 1.66. The lowest BCUT2D eigenvalue weighted by Crippen LogP contribution is -2.36. The van der Waals surface area contributed by atoms with E-state index in [4.69, 9.17) is 25.5 Å². The maximum atomic E-state index is 6.01. The third kappa shape index (κ3) is 3.88. The molecule has 0 amide bonds. The number of methoxy groups -OCH3 is 1. The molecule has 0 saturated carbocycles. The van der Waals surface area contributed by atoms with Crippen LogP contribution in [0.2, 0.25) is 5.02 Å². The van der Waals surface area contributed by atoms with E-state index in [9.17, 15) is 0 Å². The molecule has 0 radical (unpaired) electrons. The summed E-state index contributed by atoms with van der Waals surface area (Å²) in [6, 6.07) is 7.19. The van der Waals surface area contributed by atoms with Crippen molar-refractivity contribution < 1.29 is 13.9 Å². The fraction of sp³-hybridized carbons (Fsp3) is 0.312. The lowest BCUT2D eigenvalue weighted by Gasteiger charge is -2.26. The summed E-state index contributed by atoms with van der Waals surface area (Å²) in [5, 5.41) is 0.604. The van der Waals surface area contributed by atoms with Crippen LogP contribution in [0, 0.1) is 0 Å².